The molecule has 0 bridgehead atoms. The van der Waals surface area contributed by atoms with Gasteiger partial charge in [-0.3, -0.25) is 4.79 Å². The van der Waals surface area contributed by atoms with Crippen molar-refractivity contribution in [2.75, 3.05) is 5.32 Å². The molecule has 116 valence electrons. The molecule has 3 rings (SSSR count). The Morgan fingerprint density at radius 1 is 1.09 bits per heavy atom. The molecule has 0 radical (unpaired) electrons. The van der Waals surface area contributed by atoms with Crippen molar-refractivity contribution in [1.29, 1.82) is 0 Å². The van der Waals surface area contributed by atoms with Gasteiger partial charge in [0.1, 0.15) is 6.54 Å². The van der Waals surface area contributed by atoms with Gasteiger partial charge in [0, 0.05) is 14.5 Å². The first-order valence-corrected chi connectivity index (χ1v) is 8.28. The van der Waals surface area contributed by atoms with Gasteiger partial charge in [-0.05, 0) is 57.5 Å². The lowest BCUT2D eigenvalue weighted by Crippen LogP contribution is -2.20. The number of hydrogen-bond acceptors (Lipinski definition) is 4. The zero-order chi connectivity index (χ0) is 16.2. The normalized spacial score (nSPS) is 10.5. The summed E-state index contributed by atoms with van der Waals surface area (Å²) in [6.45, 7) is -0.00907. The molecule has 0 aliphatic rings. The van der Waals surface area contributed by atoms with E-state index in [0.717, 1.165) is 14.5 Å². The summed E-state index contributed by atoms with van der Waals surface area (Å²) in [5.74, 6) is 0.253. The highest BCUT2D eigenvalue weighted by Crippen LogP contribution is 2.21. The van der Waals surface area contributed by atoms with Crippen LogP contribution < -0.4 is 5.32 Å². The van der Waals surface area contributed by atoms with Crippen LogP contribution in [0.1, 0.15) is 0 Å². The largest absolute Gasteiger partial charge is 0.323 e. The van der Waals surface area contributed by atoms with Crippen LogP contribution in [-0.2, 0) is 11.3 Å². The second-order valence-corrected chi connectivity index (χ2v) is 6.45. The first-order valence-electron chi connectivity index (χ1n) is 6.70. The molecule has 1 heterocycles. The lowest BCUT2D eigenvalue weighted by molar-refractivity contribution is -0.117. The zero-order valence-corrected chi connectivity index (χ0v) is 15.0. The zero-order valence-electron chi connectivity index (χ0n) is 11.8. The number of hydrogen-bond donors (Lipinski definition) is 1. The average molecular weight is 437 g/mol. The van der Waals surface area contributed by atoms with E-state index in [1.54, 1.807) is 0 Å². The van der Waals surface area contributed by atoms with E-state index in [4.69, 9.17) is 0 Å². The Labute approximate surface area is 149 Å². The van der Waals surface area contributed by atoms with Gasteiger partial charge in [-0.1, -0.05) is 28.1 Å². The molecule has 1 N–H and O–H groups in total. The average Bonchev–Trinajstić information content (AvgIpc) is 2.98. The SMILES string of the molecule is O=C(Cn1nnc(-c2ccc(Br)cc2)n1)Nc1ccccc1Br. The Morgan fingerprint density at radius 3 is 2.57 bits per heavy atom. The number of rotatable bonds is 4. The van der Waals surface area contributed by atoms with Crippen LogP contribution >= 0.6 is 31.9 Å². The molecule has 0 aliphatic carbocycles. The van der Waals surface area contributed by atoms with E-state index in [0.29, 0.717) is 11.5 Å². The van der Waals surface area contributed by atoms with E-state index in [1.165, 1.54) is 4.80 Å². The van der Waals surface area contributed by atoms with E-state index in [1.807, 2.05) is 48.5 Å². The van der Waals surface area contributed by atoms with Crippen molar-refractivity contribution in [1.82, 2.24) is 20.2 Å². The number of para-hydroxylation sites is 1. The number of aromatic nitrogens is 4. The monoisotopic (exact) mass is 435 g/mol. The van der Waals surface area contributed by atoms with Gasteiger partial charge >= 0.3 is 0 Å². The second-order valence-electron chi connectivity index (χ2n) is 4.68. The molecule has 0 atom stereocenters. The predicted molar refractivity (Wildman–Crippen MR) is 93.7 cm³/mol. The van der Waals surface area contributed by atoms with Gasteiger partial charge in [-0.25, -0.2) is 0 Å². The molecule has 0 fully saturated rings. The number of anilines is 1. The molecule has 2 aromatic carbocycles. The van der Waals surface area contributed by atoms with Crippen molar-refractivity contribution < 1.29 is 4.79 Å². The lowest BCUT2D eigenvalue weighted by atomic mass is 10.2. The number of benzene rings is 2. The van der Waals surface area contributed by atoms with Gasteiger partial charge in [-0.15, -0.1) is 10.2 Å². The van der Waals surface area contributed by atoms with Crippen LogP contribution in [0.4, 0.5) is 5.69 Å². The van der Waals surface area contributed by atoms with Crippen molar-refractivity contribution in [2.45, 2.75) is 6.54 Å². The fourth-order valence-corrected chi connectivity index (χ4v) is 2.55. The smallest absolute Gasteiger partial charge is 0.248 e. The number of amides is 1. The topological polar surface area (TPSA) is 72.7 Å². The van der Waals surface area contributed by atoms with Gasteiger partial charge in [0.15, 0.2) is 0 Å². The molecule has 23 heavy (non-hydrogen) atoms. The van der Waals surface area contributed by atoms with E-state index in [2.05, 4.69) is 52.6 Å². The van der Waals surface area contributed by atoms with Gasteiger partial charge in [0.25, 0.3) is 0 Å². The van der Waals surface area contributed by atoms with E-state index < -0.39 is 0 Å². The maximum absolute atomic E-state index is 12.1. The van der Waals surface area contributed by atoms with Crippen LogP contribution in [0.5, 0.6) is 0 Å². The fourth-order valence-electron chi connectivity index (χ4n) is 1.91. The molecule has 8 heteroatoms. The molecule has 0 unspecified atom stereocenters. The summed E-state index contributed by atoms with van der Waals surface area (Å²) in [5, 5.41) is 14.9. The van der Waals surface area contributed by atoms with Gasteiger partial charge in [-0.2, -0.15) is 4.80 Å². The minimum absolute atomic E-state index is 0.00907. The molecule has 0 spiro atoms. The molecule has 6 nitrogen and oxygen atoms in total. The van der Waals surface area contributed by atoms with Gasteiger partial charge < -0.3 is 5.32 Å². The molecular weight excluding hydrogens is 426 g/mol. The number of halogens is 2. The van der Waals surface area contributed by atoms with Crippen LogP contribution in [0.25, 0.3) is 11.4 Å². The van der Waals surface area contributed by atoms with Crippen LogP contribution in [-0.4, -0.2) is 26.1 Å². The van der Waals surface area contributed by atoms with Gasteiger partial charge in [0.2, 0.25) is 11.7 Å². The van der Waals surface area contributed by atoms with Crippen LogP contribution in [0, 0.1) is 0 Å². The Balaban J connectivity index is 1.68. The molecule has 0 saturated heterocycles. The number of nitrogens with zero attached hydrogens (tertiary/aromatic N) is 4. The maximum Gasteiger partial charge on any atom is 0.248 e. The summed E-state index contributed by atoms with van der Waals surface area (Å²) in [5.41, 5.74) is 1.54. The molecule has 0 saturated carbocycles. The van der Waals surface area contributed by atoms with Crippen LogP contribution in [0.2, 0.25) is 0 Å². The minimum Gasteiger partial charge on any atom is -0.323 e. The van der Waals surface area contributed by atoms with Crippen molar-refractivity contribution >= 4 is 43.5 Å². The number of nitrogens with one attached hydrogen (secondary N) is 1. The summed E-state index contributed by atoms with van der Waals surface area (Å²) in [4.78, 5) is 13.3. The number of carbonyl (C=O) groups is 1. The van der Waals surface area contributed by atoms with Crippen LogP contribution in [0.3, 0.4) is 0 Å². The Kier molecular flexibility index (Phi) is 4.82. The third-order valence-corrected chi connectivity index (χ3v) is 4.21. The van der Waals surface area contributed by atoms with E-state index in [-0.39, 0.29) is 12.5 Å². The Bertz CT molecular complexity index is 832. The van der Waals surface area contributed by atoms with Gasteiger partial charge in [0.05, 0.1) is 5.69 Å². The lowest BCUT2D eigenvalue weighted by Gasteiger charge is -2.06. The first-order chi connectivity index (χ1) is 11.1. The fraction of sp³-hybridized carbons (Fsp3) is 0.0667. The third kappa shape index (κ3) is 4.02. The molecule has 1 amide bonds. The van der Waals surface area contributed by atoms with Crippen molar-refractivity contribution in [3.05, 3.63) is 57.5 Å². The summed E-state index contributed by atoms with van der Waals surface area (Å²) < 4.78 is 1.79. The van der Waals surface area contributed by atoms with Crippen molar-refractivity contribution in [2.24, 2.45) is 0 Å². The molecule has 1 aromatic heterocycles. The summed E-state index contributed by atoms with van der Waals surface area (Å²) in [6, 6.07) is 15.0. The van der Waals surface area contributed by atoms with E-state index in [9.17, 15) is 4.79 Å². The Hall–Kier alpha value is -2.06. The highest BCUT2D eigenvalue weighted by molar-refractivity contribution is 9.10. The highest BCUT2D eigenvalue weighted by atomic mass is 79.9. The molecule has 0 aliphatic heterocycles. The van der Waals surface area contributed by atoms with Crippen molar-refractivity contribution in [3.63, 3.8) is 0 Å². The first kappa shape index (κ1) is 15.8. The highest BCUT2D eigenvalue weighted by Gasteiger charge is 2.10. The summed E-state index contributed by atoms with van der Waals surface area (Å²) >= 11 is 6.76. The van der Waals surface area contributed by atoms with E-state index >= 15 is 0 Å². The van der Waals surface area contributed by atoms with Crippen molar-refractivity contribution in [3.8, 4) is 11.4 Å². The predicted octanol–water partition coefficient (Wildman–Crippen LogP) is 3.50. The number of carbonyl (C=O) groups excluding carboxylic acids is 1. The summed E-state index contributed by atoms with van der Waals surface area (Å²) in [7, 11) is 0. The molecular formula is C15H11Br2N5O. The molecule has 3 aromatic rings. The standard InChI is InChI=1S/C15H11Br2N5O/c16-11-7-5-10(6-8-11)15-19-21-22(20-15)9-14(23)18-13-4-2-1-3-12(13)17/h1-8H,9H2,(H,18,23). The number of tetrazole rings is 1. The van der Waals surface area contributed by atoms with Crippen LogP contribution in [0.15, 0.2) is 57.5 Å². The second kappa shape index (κ2) is 7.01. The quantitative estimate of drug-likeness (QED) is 0.679. The maximum atomic E-state index is 12.1. The summed E-state index contributed by atoms with van der Waals surface area (Å²) in [6.07, 6.45) is 0. The minimum atomic E-state index is -0.225. The Morgan fingerprint density at radius 2 is 1.83 bits per heavy atom. The third-order valence-electron chi connectivity index (χ3n) is 2.99.